The quantitative estimate of drug-likeness (QED) is 0.845. The average Bonchev–Trinajstić information content (AvgIpc) is 2.28. The number of hydrogen-bond donors (Lipinski definition) is 2. The van der Waals surface area contributed by atoms with Gasteiger partial charge in [0.1, 0.15) is 0 Å². The van der Waals surface area contributed by atoms with Gasteiger partial charge in [-0.05, 0) is 18.2 Å². The van der Waals surface area contributed by atoms with Crippen LogP contribution in [0.15, 0.2) is 28.7 Å². The van der Waals surface area contributed by atoms with Crippen LogP contribution in [0.4, 0.5) is 0 Å². The van der Waals surface area contributed by atoms with Crippen molar-refractivity contribution in [1.29, 1.82) is 0 Å². The molecule has 0 aliphatic rings. The van der Waals surface area contributed by atoms with Crippen molar-refractivity contribution in [2.24, 2.45) is 0 Å². The van der Waals surface area contributed by atoms with Gasteiger partial charge in [-0.25, -0.2) is 0 Å². The molecule has 1 aromatic carbocycles. The Morgan fingerprint density at radius 2 is 1.88 bits per heavy atom. The molecule has 88 valence electrons. The van der Waals surface area contributed by atoms with Crippen molar-refractivity contribution in [3.63, 3.8) is 0 Å². The Balaban J connectivity index is 2.81. The maximum Gasteiger partial charge on any atom is 0.254 e. The van der Waals surface area contributed by atoms with E-state index in [0.717, 1.165) is 4.47 Å². The van der Waals surface area contributed by atoms with E-state index >= 15 is 0 Å². The van der Waals surface area contributed by atoms with Crippen LogP contribution in [0.3, 0.4) is 0 Å². The predicted molar refractivity (Wildman–Crippen MR) is 64.2 cm³/mol. The highest BCUT2D eigenvalue weighted by atomic mass is 79.9. The standard InChI is InChI=1S/C11H14BrNO3/c12-10-3-1-2-9(8-10)11(16)13(4-6-14)5-7-15/h1-3,8,14-15H,4-7H2. The third kappa shape index (κ3) is 3.59. The number of aliphatic hydroxyl groups excluding tert-OH is 2. The van der Waals surface area contributed by atoms with Gasteiger partial charge in [0.05, 0.1) is 13.2 Å². The second-order valence-electron chi connectivity index (χ2n) is 3.25. The van der Waals surface area contributed by atoms with Crippen LogP contribution in [0, 0.1) is 0 Å². The van der Waals surface area contributed by atoms with Gasteiger partial charge in [0, 0.05) is 23.1 Å². The van der Waals surface area contributed by atoms with Gasteiger partial charge < -0.3 is 15.1 Å². The third-order valence-electron chi connectivity index (χ3n) is 2.10. The van der Waals surface area contributed by atoms with Crippen LogP contribution in [0.2, 0.25) is 0 Å². The summed E-state index contributed by atoms with van der Waals surface area (Å²) in [4.78, 5) is 13.4. The number of nitrogens with zero attached hydrogens (tertiary/aromatic N) is 1. The van der Waals surface area contributed by atoms with E-state index in [4.69, 9.17) is 10.2 Å². The van der Waals surface area contributed by atoms with Gasteiger partial charge in [-0.1, -0.05) is 22.0 Å². The molecule has 0 atom stereocenters. The van der Waals surface area contributed by atoms with Crippen LogP contribution in [-0.2, 0) is 0 Å². The summed E-state index contributed by atoms with van der Waals surface area (Å²) in [6.45, 7) is 0.233. The molecule has 16 heavy (non-hydrogen) atoms. The molecule has 0 aromatic heterocycles. The Labute approximate surface area is 103 Å². The highest BCUT2D eigenvalue weighted by Gasteiger charge is 2.14. The second-order valence-corrected chi connectivity index (χ2v) is 4.17. The van der Waals surface area contributed by atoms with Crippen molar-refractivity contribution in [2.75, 3.05) is 26.3 Å². The van der Waals surface area contributed by atoms with Gasteiger partial charge in [0.25, 0.3) is 5.91 Å². The predicted octanol–water partition coefficient (Wildman–Crippen LogP) is 0.876. The highest BCUT2D eigenvalue weighted by Crippen LogP contribution is 2.13. The molecule has 2 N–H and O–H groups in total. The van der Waals surface area contributed by atoms with E-state index in [1.54, 1.807) is 18.2 Å². The molecule has 0 radical (unpaired) electrons. The van der Waals surface area contributed by atoms with Crippen molar-refractivity contribution < 1.29 is 15.0 Å². The molecule has 0 saturated carbocycles. The van der Waals surface area contributed by atoms with E-state index in [1.165, 1.54) is 4.90 Å². The topological polar surface area (TPSA) is 60.8 Å². The van der Waals surface area contributed by atoms with Crippen molar-refractivity contribution in [2.45, 2.75) is 0 Å². The zero-order valence-electron chi connectivity index (χ0n) is 8.77. The van der Waals surface area contributed by atoms with E-state index in [9.17, 15) is 4.79 Å². The number of amides is 1. The summed E-state index contributed by atoms with van der Waals surface area (Å²) in [5, 5.41) is 17.7. The largest absolute Gasteiger partial charge is 0.395 e. The monoisotopic (exact) mass is 287 g/mol. The van der Waals surface area contributed by atoms with Crippen molar-refractivity contribution in [3.8, 4) is 0 Å². The minimum absolute atomic E-state index is 0.111. The zero-order valence-corrected chi connectivity index (χ0v) is 10.4. The SMILES string of the molecule is O=C(c1cccc(Br)c1)N(CCO)CCO. The van der Waals surface area contributed by atoms with Gasteiger partial charge in [0.15, 0.2) is 0 Å². The maximum absolute atomic E-state index is 12.0. The normalized spacial score (nSPS) is 10.2. The lowest BCUT2D eigenvalue weighted by Crippen LogP contribution is -2.35. The van der Waals surface area contributed by atoms with E-state index in [0.29, 0.717) is 5.56 Å². The number of aliphatic hydroxyl groups is 2. The summed E-state index contributed by atoms with van der Waals surface area (Å²) in [6, 6.07) is 7.02. The Morgan fingerprint density at radius 1 is 1.25 bits per heavy atom. The number of carbonyl (C=O) groups excluding carboxylic acids is 1. The van der Waals surface area contributed by atoms with Crippen LogP contribution in [0.5, 0.6) is 0 Å². The van der Waals surface area contributed by atoms with Gasteiger partial charge in [-0.15, -0.1) is 0 Å². The van der Waals surface area contributed by atoms with Gasteiger partial charge in [-0.2, -0.15) is 0 Å². The molecule has 0 fully saturated rings. The Morgan fingerprint density at radius 3 is 2.38 bits per heavy atom. The van der Waals surface area contributed by atoms with Gasteiger partial charge in [-0.3, -0.25) is 4.79 Å². The Hall–Kier alpha value is -0.910. The minimum Gasteiger partial charge on any atom is -0.395 e. The van der Waals surface area contributed by atoms with Crippen LogP contribution in [0.1, 0.15) is 10.4 Å². The zero-order chi connectivity index (χ0) is 12.0. The molecule has 1 rings (SSSR count). The first-order chi connectivity index (χ1) is 7.69. The summed E-state index contributed by atoms with van der Waals surface area (Å²) in [5.74, 6) is -0.190. The first-order valence-corrected chi connectivity index (χ1v) is 5.75. The van der Waals surface area contributed by atoms with E-state index in [1.807, 2.05) is 6.07 Å². The summed E-state index contributed by atoms with van der Waals surface area (Å²) in [7, 11) is 0. The molecule has 0 spiro atoms. The molecule has 1 amide bonds. The van der Waals surface area contributed by atoms with E-state index in [-0.39, 0.29) is 32.2 Å². The molecule has 0 aliphatic heterocycles. The third-order valence-corrected chi connectivity index (χ3v) is 2.59. The number of carbonyl (C=O) groups is 1. The van der Waals surface area contributed by atoms with Gasteiger partial charge in [0.2, 0.25) is 0 Å². The fourth-order valence-corrected chi connectivity index (χ4v) is 1.76. The maximum atomic E-state index is 12.0. The molecule has 5 heteroatoms. The Bertz CT molecular complexity index is 351. The van der Waals surface area contributed by atoms with Crippen molar-refractivity contribution in [3.05, 3.63) is 34.3 Å². The first kappa shape index (κ1) is 13.2. The minimum atomic E-state index is -0.190. The van der Waals surface area contributed by atoms with E-state index in [2.05, 4.69) is 15.9 Å². The average molecular weight is 288 g/mol. The molecule has 0 aliphatic carbocycles. The van der Waals surface area contributed by atoms with Crippen molar-refractivity contribution in [1.82, 2.24) is 4.90 Å². The fraction of sp³-hybridized carbons (Fsp3) is 0.364. The van der Waals surface area contributed by atoms with Crippen LogP contribution in [-0.4, -0.2) is 47.3 Å². The first-order valence-electron chi connectivity index (χ1n) is 4.95. The summed E-state index contributed by atoms with van der Waals surface area (Å²) in [6.07, 6.45) is 0. The lowest BCUT2D eigenvalue weighted by atomic mass is 10.2. The lowest BCUT2D eigenvalue weighted by Gasteiger charge is -2.20. The molecule has 0 heterocycles. The summed E-state index contributed by atoms with van der Waals surface area (Å²) < 4.78 is 0.825. The molecule has 4 nitrogen and oxygen atoms in total. The highest BCUT2D eigenvalue weighted by molar-refractivity contribution is 9.10. The smallest absolute Gasteiger partial charge is 0.254 e. The molecule has 0 bridgehead atoms. The van der Waals surface area contributed by atoms with Crippen LogP contribution >= 0.6 is 15.9 Å². The number of hydrogen-bond acceptors (Lipinski definition) is 3. The molecular formula is C11H14BrNO3. The van der Waals surface area contributed by atoms with Gasteiger partial charge >= 0.3 is 0 Å². The van der Waals surface area contributed by atoms with Crippen LogP contribution < -0.4 is 0 Å². The molecule has 1 aromatic rings. The number of halogens is 1. The summed E-state index contributed by atoms with van der Waals surface area (Å²) >= 11 is 3.29. The molecular weight excluding hydrogens is 274 g/mol. The fourth-order valence-electron chi connectivity index (χ4n) is 1.36. The van der Waals surface area contributed by atoms with Crippen molar-refractivity contribution >= 4 is 21.8 Å². The second kappa shape index (κ2) is 6.62. The number of rotatable bonds is 5. The van der Waals surface area contributed by atoms with E-state index < -0.39 is 0 Å². The Kier molecular flexibility index (Phi) is 5.45. The number of benzene rings is 1. The summed E-state index contributed by atoms with van der Waals surface area (Å²) in [5.41, 5.74) is 0.538. The lowest BCUT2D eigenvalue weighted by molar-refractivity contribution is 0.0685. The molecule has 0 unspecified atom stereocenters. The van der Waals surface area contributed by atoms with Crippen LogP contribution in [0.25, 0.3) is 0 Å². The molecule has 0 saturated heterocycles.